The lowest BCUT2D eigenvalue weighted by Crippen LogP contribution is -2.33. The van der Waals surface area contributed by atoms with Crippen molar-refractivity contribution in [1.29, 1.82) is 0 Å². The third-order valence-corrected chi connectivity index (χ3v) is 3.81. The molecule has 1 unspecified atom stereocenters. The van der Waals surface area contributed by atoms with Crippen molar-refractivity contribution < 1.29 is 14.0 Å². The van der Waals surface area contributed by atoms with Gasteiger partial charge in [0.2, 0.25) is 5.91 Å². The van der Waals surface area contributed by atoms with Gasteiger partial charge in [-0.2, -0.15) is 0 Å². The van der Waals surface area contributed by atoms with Crippen molar-refractivity contribution in [2.75, 3.05) is 0 Å². The van der Waals surface area contributed by atoms with Gasteiger partial charge >= 0.3 is 0 Å². The molecule has 0 aliphatic carbocycles. The van der Waals surface area contributed by atoms with Gasteiger partial charge in [-0.15, -0.1) is 0 Å². The predicted octanol–water partition coefficient (Wildman–Crippen LogP) is 4.03. The van der Waals surface area contributed by atoms with Gasteiger partial charge in [-0.1, -0.05) is 11.6 Å². The van der Waals surface area contributed by atoms with E-state index < -0.39 is 0 Å². The molecule has 0 aliphatic heterocycles. The van der Waals surface area contributed by atoms with Crippen LogP contribution in [-0.4, -0.2) is 17.7 Å². The predicted molar refractivity (Wildman–Crippen MR) is 89.7 cm³/mol. The van der Waals surface area contributed by atoms with Crippen LogP contribution in [0.2, 0.25) is 5.02 Å². The summed E-state index contributed by atoms with van der Waals surface area (Å²) in [5.41, 5.74) is 0.577. The quantitative estimate of drug-likeness (QED) is 0.742. The minimum atomic E-state index is -0.112. The molecule has 23 heavy (non-hydrogen) atoms. The van der Waals surface area contributed by atoms with E-state index in [1.165, 1.54) is 0 Å². The zero-order valence-corrected chi connectivity index (χ0v) is 13.8. The Labute approximate surface area is 140 Å². The Morgan fingerprint density at radius 3 is 2.57 bits per heavy atom. The molecule has 0 spiro atoms. The highest BCUT2D eigenvalue weighted by Gasteiger charge is 2.12. The highest BCUT2D eigenvalue weighted by Crippen LogP contribution is 2.12. The number of halogens is 1. The van der Waals surface area contributed by atoms with E-state index >= 15 is 0 Å². The van der Waals surface area contributed by atoms with Gasteiger partial charge < -0.3 is 9.73 Å². The van der Waals surface area contributed by atoms with E-state index in [1.807, 2.05) is 19.1 Å². The number of carbonyl (C=O) groups excluding carboxylic acids is 2. The fourth-order valence-corrected chi connectivity index (χ4v) is 2.37. The molecule has 1 heterocycles. The van der Waals surface area contributed by atoms with E-state index in [0.717, 1.165) is 18.6 Å². The molecule has 0 saturated heterocycles. The molecular formula is C18H20ClNO3. The van der Waals surface area contributed by atoms with Gasteiger partial charge in [-0.05, 0) is 49.7 Å². The summed E-state index contributed by atoms with van der Waals surface area (Å²) in [4.78, 5) is 23.9. The summed E-state index contributed by atoms with van der Waals surface area (Å²) in [7, 11) is 0. The Bertz CT molecular complexity index is 635. The third kappa shape index (κ3) is 5.91. The van der Waals surface area contributed by atoms with E-state index in [4.69, 9.17) is 16.0 Å². The third-order valence-electron chi connectivity index (χ3n) is 3.56. The van der Waals surface area contributed by atoms with Crippen LogP contribution in [0.3, 0.4) is 0 Å². The molecule has 2 aromatic rings. The van der Waals surface area contributed by atoms with Crippen LogP contribution in [0.15, 0.2) is 47.1 Å². The van der Waals surface area contributed by atoms with Crippen molar-refractivity contribution in [3.63, 3.8) is 0 Å². The summed E-state index contributed by atoms with van der Waals surface area (Å²) in [6, 6.07) is 10.5. The zero-order chi connectivity index (χ0) is 16.7. The van der Waals surface area contributed by atoms with Crippen LogP contribution in [-0.2, 0) is 11.2 Å². The van der Waals surface area contributed by atoms with Crippen molar-refractivity contribution >= 4 is 23.3 Å². The van der Waals surface area contributed by atoms with Crippen molar-refractivity contribution in [2.24, 2.45) is 0 Å². The summed E-state index contributed by atoms with van der Waals surface area (Å²) in [5, 5.41) is 3.49. The average Bonchev–Trinajstić information content (AvgIpc) is 3.05. The van der Waals surface area contributed by atoms with Gasteiger partial charge in [0.15, 0.2) is 5.78 Å². The number of nitrogens with one attached hydrogen (secondary N) is 1. The Kier molecular flexibility index (Phi) is 6.41. The smallest absolute Gasteiger partial charge is 0.220 e. The fraction of sp³-hybridized carbons (Fsp3) is 0.333. The maximum atomic E-state index is 12.0. The largest absolute Gasteiger partial charge is 0.469 e. The van der Waals surface area contributed by atoms with Crippen LogP contribution in [0.1, 0.15) is 42.3 Å². The molecule has 4 nitrogen and oxygen atoms in total. The minimum absolute atomic E-state index is 0.0400. The van der Waals surface area contributed by atoms with E-state index in [1.54, 1.807) is 30.5 Å². The van der Waals surface area contributed by atoms with E-state index in [9.17, 15) is 9.59 Å². The molecule has 5 heteroatoms. The maximum Gasteiger partial charge on any atom is 0.220 e. The highest BCUT2D eigenvalue weighted by atomic mass is 35.5. The molecule has 1 aromatic heterocycles. The van der Waals surface area contributed by atoms with Gasteiger partial charge in [0.05, 0.1) is 6.26 Å². The van der Waals surface area contributed by atoms with E-state index in [2.05, 4.69) is 5.32 Å². The fourth-order valence-electron chi connectivity index (χ4n) is 2.24. The Balaban J connectivity index is 1.69. The summed E-state index contributed by atoms with van der Waals surface area (Å²) < 4.78 is 5.26. The standard InChI is InChI=1S/C18H20ClNO3/c1-13(4-9-16-3-2-12-23-16)20-18(22)11-10-17(21)14-5-7-15(19)8-6-14/h2-3,5-8,12-13H,4,9-11H2,1H3,(H,20,22). The Morgan fingerprint density at radius 1 is 1.17 bits per heavy atom. The van der Waals surface area contributed by atoms with Gasteiger partial charge in [-0.3, -0.25) is 9.59 Å². The van der Waals surface area contributed by atoms with Gasteiger partial charge in [0, 0.05) is 35.9 Å². The van der Waals surface area contributed by atoms with Crippen LogP contribution < -0.4 is 5.32 Å². The summed E-state index contributed by atoms with van der Waals surface area (Å²) in [6.07, 6.45) is 3.59. The number of furan rings is 1. The van der Waals surface area contributed by atoms with Gasteiger partial charge in [0.1, 0.15) is 5.76 Å². The highest BCUT2D eigenvalue weighted by molar-refractivity contribution is 6.30. The van der Waals surface area contributed by atoms with Crippen molar-refractivity contribution in [2.45, 2.75) is 38.6 Å². The lowest BCUT2D eigenvalue weighted by molar-refractivity contribution is -0.121. The molecule has 1 N–H and O–H groups in total. The number of ketones is 1. The number of rotatable bonds is 8. The second-order valence-corrected chi connectivity index (χ2v) is 5.95. The van der Waals surface area contributed by atoms with Crippen LogP contribution in [0.25, 0.3) is 0 Å². The van der Waals surface area contributed by atoms with Crippen molar-refractivity contribution in [1.82, 2.24) is 5.32 Å². The molecule has 0 bridgehead atoms. The average molecular weight is 334 g/mol. The summed E-state index contributed by atoms with van der Waals surface area (Å²) >= 11 is 5.79. The van der Waals surface area contributed by atoms with Crippen molar-refractivity contribution in [3.8, 4) is 0 Å². The second-order valence-electron chi connectivity index (χ2n) is 5.52. The topological polar surface area (TPSA) is 59.3 Å². The monoisotopic (exact) mass is 333 g/mol. The van der Waals surface area contributed by atoms with Gasteiger partial charge in [0.25, 0.3) is 0 Å². The number of hydrogen-bond acceptors (Lipinski definition) is 3. The first kappa shape index (κ1) is 17.3. The minimum Gasteiger partial charge on any atom is -0.469 e. The van der Waals surface area contributed by atoms with Crippen LogP contribution >= 0.6 is 11.6 Å². The molecule has 122 valence electrons. The van der Waals surface area contributed by atoms with Gasteiger partial charge in [-0.25, -0.2) is 0 Å². The van der Waals surface area contributed by atoms with E-state index in [0.29, 0.717) is 10.6 Å². The van der Waals surface area contributed by atoms with Crippen LogP contribution in [0, 0.1) is 0 Å². The SMILES string of the molecule is CC(CCc1ccco1)NC(=O)CCC(=O)c1ccc(Cl)cc1. The first-order chi connectivity index (χ1) is 11.0. The Hall–Kier alpha value is -2.07. The molecule has 0 saturated carbocycles. The number of Topliss-reactive ketones (excluding diaryl/α,β-unsaturated/α-hetero) is 1. The van der Waals surface area contributed by atoms with E-state index in [-0.39, 0.29) is 30.6 Å². The normalized spacial score (nSPS) is 11.9. The molecule has 0 aliphatic rings. The van der Waals surface area contributed by atoms with Crippen molar-refractivity contribution in [3.05, 3.63) is 59.0 Å². The number of aryl methyl sites for hydroxylation is 1. The summed E-state index contributed by atoms with van der Waals surface area (Å²) in [6.45, 7) is 1.95. The van der Waals surface area contributed by atoms with Crippen LogP contribution in [0.5, 0.6) is 0 Å². The molecule has 1 aromatic carbocycles. The molecule has 0 radical (unpaired) electrons. The summed E-state index contributed by atoms with van der Waals surface area (Å²) in [5.74, 6) is 0.739. The number of carbonyl (C=O) groups is 2. The molecule has 2 rings (SSSR count). The molecular weight excluding hydrogens is 314 g/mol. The number of amides is 1. The lowest BCUT2D eigenvalue weighted by atomic mass is 10.1. The first-order valence-electron chi connectivity index (χ1n) is 7.65. The molecule has 1 atom stereocenters. The van der Waals surface area contributed by atoms with Crippen LogP contribution in [0.4, 0.5) is 0 Å². The number of benzene rings is 1. The maximum absolute atomic E-state index is 12.0. The second kappa shape index (κ2) is 8.53. The zero-order valence-electron chi connectivity index (χ0n) is 13.0. The number of hydrogen-bond donors (Lipinski definition) is 1. The molecule has 0 fully saturated rings. The lowest BCUT2D eigenvalue weighted by Gasteiger charge is -2.13. The Morgan fingerprint density at radius 2 is 1.91 bits per heavy atom. The first-order valence-corrected chi connectivity index (χ1v) is 8.03. The molecule has 1 amide bonds.